The van der Waals surface area contributed by atoms with Crippen LogP contribution in [-0.2, 0) is 0 Å². The van der Waals surface area contributed by atoms with E-state index in [0.717, 1.165) is 25.8 Å². The molecule has 2 atom stereocenters. The first kappa shape index (κ1) is 23.2. The van der Waals surface area contributed by atoms with Gasteiger partial charge in [0.25, 0.3) is 0 Å². The zero-order valence-electron chi connectivity index (χ0n) is 18.7. The van der Waals surface area contributed by atoms with Gasteiger partial charge in [-0.1, -0.05) is 69.3 Å². The van der Waals surface area contributed by atoms with Crippen molar-refractivity contribution in [2.24, 2.45) is 11.7 Å². The summed E-state index contributed by atoms with van der Waals surface area (Å²) in [4.78, 5) is 0. The van der Waals surface area contributed by atoms with Crippen LogP contribution in [0, 0.1) is 12.8 Å². The molecule has 2 aromatic rings. The van der Waals surface area contributed by atoms with E-state index in [1.807, 2.05) is 0 Å². The van der Waals surface area contributed by atoms with E-state index >= 15 is 0 Å². The quantitative estimate of drug-likeness (QED) is 0.367. The highest BCUT2D eigenvalue weighted by molar-refractivity contribution is 5.72. The van der Waals surface area contributed by atoms with E-state index in [9.17, 15) is 0 Å². The summed E-state index contributed by atoms with van der Waals surface area (Å²) in [6, 6.07) is 15.8. The number of nitrogens with two attached hydrogens (primary N) is 1. The van der Waals surface area contributed by atoms with Crippen molar-refractivity contribution >= 4 is 5.57 Å². The number of aryl methyl sites for hydroxylation is 1. The van der Waals surface area contributed by atoms with Crippen LogP contribution in [0.2, 0.25) is 0 Å². The van der Waals surface area contributed by atoms with Crippen molar-refractivity contribution in [3.63, 3.8) is 0 Å². The van der Waals surface area contributed by atoms with E-state index in [4.69, 9.17) is 5.73 Å². The predicted octanol–water partition coefficient (Wildman–Crippen LogP) is 7.90. The highest BCUT2D eigenvalue weighted by atomic mass is 14.5. The van der Waals surface area contributed by atoms with Crippen molar-refractivity contribution in [2.75, 3.05) is 6.54 Å². The molecule has 0 heterocycles. The third kappa shape index (κ3) is 6.72. The summed E-state index contributed by atoms with van der Waals surface area (Å²) in [5.74, 6) is 1.17. The molecule has 0 aliphatic carbocycles. The molecular formula is C28H39N. The molecule has 29 heavy (non-hydrogen) atoms. The van der Waals surface area contributed by atoms with E-state index in [1.54, 1.807) is 0 Å². The Labute approximate surface area is 178 Å². The van der Waals surface area contributed by atoms with Crippen LogP contribution in [0.4, 0.5) is 0 Å². The van der Waals surface area contributed by atoms with E-state index in [1.165, 1.54) is 52.7 Å². The van der Waals surface area contributed by atoms with Crippen molar-refractivity contribution in [2.45, 2.75) is 65.2 Å². The first-order valence-corrected chi connectivity index (χ1v) is 11.2. The van der Waals surface area contributed by atoms with Crippen molar-refractivity contribution in [3.05, 3.63) is 78.4 Å². The molecule has 0 radical (unpaired) electrons. The molecule has 1 heteroatoms. The lowest BCUT2D eigenvalue weighted by Gasteiger charge is -2.18. The van der Waals surface area contributed by atoms with Crippen LogP contribution in [0.3, 0.4) is 0 Å². The smallest absolute Gasteiger partial charge is 0.00515 e. The van der Waals surface area contributed by atoms with Gasteiger partial charge in [-0.25, -0.2) is 0 Å². The minimum Gasteiger partial charge on any atom is -0.330 e. The van der Waals surface area contributed by atoms with Crippen molar-refractivity contribution in [1.82, 2.24) is 0 Å². The average Bonchev–Trinajstić information content (AvgIpc) is 2.73. The molecule has 0 aliphatic rings. The van der Waals surface area contributed by atoms with Crippen LogP contribution in [-0.4, -0.2) is 6.54 Å². The predicted molar refractivity (Wildman–Crippen MR) is 130 cm³/mol. The van der Waals surface area contributed by atoms with Crippen LogP contribution >= 0.6 is 0 Å². The fourth-order valence-electron chi connectivity index (χ4n) is 4.11. The summed E-state index contributed by atoms with van der Waals surface area (Å²) in [6.07, 6.45) is 8.87. The summed E-state index contributed by atoms with van der Waals surface area (Å²) in [5.41, 5.74) is 13.6. The summed E-state index contributed by atoms with van der Waals surface area (Å²) in [5, 5.41) is 0. The third-order valence-corrected chi connectivity index (χ3v) is 5.98. The molecule has 2 N–H and O–H groups in total. The summed E-state index contributed by atoms with van der Waals surface area (Å²) in [6.45, 7) is 15.8. The topological polar surface area (TPSA) is 26.0 Å². The molecular weight excluding hydrogens is 350 g/mol. The molecule has 0 aromatic heterocycles. The van der Waals surface area contributed by atoms with E-state index in [0.29, 0.717) is 11.8 Å². The Morgan fingerprint density at radius 3 is 2.52 bits per heavy atom. The zero-order chi connectivity index (χ0) is 21.2. The van der Waals surface area contributed by atoms with Crippen molar-refractivity contribution in [1.29, 1.82) is 0 Å². The highest BCUT2D eigenvalue weighted by Gasteiger charge is 2.13. The molecule has 2 rings (SSSR count). The second kappa shape index (κ2) is 11.8. The van der Waals surface area contributed by atoms with Crippen LogP contribution in [0.15, 0.2) is 61.7 Å². The number of hydrogen-bond acceptors (Lipinski definition) is 1. The molecule has 0 saturated heterocycles. The van der Waals surface area contributed by atoms with Crippen LogP contribution in [0.25, 0.3) is 16.7 Å². The maximum Gasteiger partial charge on any atom is -0.00515 e. The Morgan fingerprint density at radius 2 is 1.86 bits per heavy atom. The Kier molecular flexibility index (Phi) is 9.41. The van der Waals surface area contributed by atoms with Gasteiger partial charge in [0.05, 0.1) is 0 Å². The lowest BCUT2D eigenvalue weighted by molar-refractivity contribution is 0.526. The van der Waals surface area contributed by atoms with Gasteiger partial charge < -0.3 is 5.73 Å². The second-order valence-electron chi connectivity index (χ2n) is 8.50. The lowest BCUT2D eigenvalue weighted by atomic mass is 9.86. The molecule has 0 amide bonds. The van der Waals surface area contributed by atoms with Gasteiger partial charge in [-0.2, -0.15) is 0 Å². The molecule has 0 aliphatic heterocycles. The molecule has 0 saturated carbocycles. The fraction of sp³-hybridized carbons (Fsp3) is 0.429. The van der Waals surface area contributed by atoms with E-state index in [-0.39, 0.29) is 0 Å². The van der Waals surface area contributed by atoms with Gasteiger partial charge in [-0.15, -0.1) is 6.58 Å². The largest absolute Gasteiger partial charge is 0.330 e. The highest BCUT2D eigenvalue weighted by Crippen LogP contribution is 2.32. The Morgan fingerprint density at radius 1 is 1.10 bits per heavy atom. The number of hydrogen-bond donors (Lipinski definition) is 1. The first-order valence-electron chi connectivity index (χ1n) is 11.2. The Bertz CT molecular complexity index is 802. The van der Waals surface area contributed by atoms with E-state index < -0.39 is 0 Å². The van der Waals surface area contributed by atoms with Gasteiger partial charge in [0, 0.05) is 0 Å². The fourth-order valence-corrected chi connectivity index (χ4v) is 4.11. The number of benzene rings is 2. The summed E-state index contributed by atoms with van der Waals surface area (Å²) >= 11 is 0. The Hall–Kier alpha value is -2.12. The normalized spacial score (nSPS) is 13.1. The first-order chi connectivity index (χ1) is 14.0. The number of allylic oxidation sites excluding steroid dienone is 2. The van der Waals surface area contributed by atoms with Gasteiger partial charge in [0.15, 0.2) is 0 Å². The zero-order valence-corrected chi connectivity index (χ0v) is 18.7. The molecule has 0 fully saturated rings. The SMILES string of the molecule is C=CCC(CCC)c1ccc(-c2cccc(C(=C)CCCC(C)CN)c2)cc1C. The van der Waals surface area contributed by atoms with Crippen molar-refractivity contribution < 1.29 is 0 Å². The average molecular weight is 390 g/mol. The van der Waals surface area contributed by atoms with Crippen LogP contribution in [0.1, 0.15) is 75.0 Å². The van der Waals surface area contributed by atoms with Crippen LogP contribution < -0.4 is 5.73 Å². The molecule has 1 nitrogen and oxygen atoms in total. The standard InChI is InChI=1S/C28H39N/c1-6-10-24(11-7-2)28-17-16-27(18-23(28)5)26-15-9-14-25(19-26)22(4)13-8-12-21(3)20-29/h6,9,14-19,21,24H,1,4,7-8,10-13,20,29H2,2-3,5H3. The van der Waals surface area contributed by atoms with Gasteiger partial charge in [0.2, 0.25) is 0 Å². The third-order valence-electron chi connectivity index (χ3n) is 5.98. The maximum absolute atomic E-state index is 5.73. The summed E-state index contributed by atoms with van der Waals surface area (Å²) < 4.78 is 0. The van der Waals surface area contributed by atoms with Gasteiger partial charge >= 0.3 is 0 Å². The second-order valence-corrected chi connectivity index (χ2v) is 8.50. The monoisotopic (exact) mass is 389 g/mol. The van der Waals surface area contributed by atoms with Gasteiger partial charge in [0.1, 0.15) is 0 Å². The maximum atomic E-state index is 5.73. The minimum atomic E-state index is 0.577. The van der Waals surface area contributed by atoms with Crippen molar-refractivity contribution in [3.8, 4) is 11.1 Å². The lowest BCUT2D eigenvalue weighted by Crippen LogP contribution is -2.10. The Balaban J connectivity index is 2.16. The molecule has 2 unspecified atom stereocenters. The molecule has 2 aromatic carbocycles. The number of rotatable bonds is 12. The molecule has 0 spiro atoms. The summed E-state index contributed by atoms with van der Waals surface area (Å²) in [7, 11) is 0. The minimum absolute atomic E-state index is 0.577. The van der Waals surface area contributed by atoms with Gasteiger partial charge in [-0.05, 0) is 96.9 Å². The van der Waals surface area contributed by atoms with E-state index in [2.05, 4.69) is 82.5 Å². The van der Waals surface area contributed by atoms with Gasteiger partial charge in [-0.3, -0.25) is 0 Å². The molecule has 156 valence electrons. The molecule has 0 bridgehead atoms. The van der Waals surface area contributed by atoms with Crippen LogP contribution in [0.5, 0.6) is 0 Å².